The van der Waals surface area contributed by atoms with E-state index in [0.717, 1.165) is 19.6 Å². The molecule has 1 saturated heterocycles. The van der Waals surface area contributed by atoms with E-state index in [2.05, 4.69) is 34.5 Å². The Balaban J connectivity index is 1.73. The summed E-state index contributed by atoms with van der Waals surface area (Å²) < 4.78 is 0. The van der Waals surface area contributed by atoms with Crippen LogP contribution in [-0.4, -0.2) is 35.8 Å². The second kappa shape index (κ2) is 7.94. The van der Waals surface area contributed by atoms with Crippen LogP contribution in [-0.2, 0) is 16.1 Å². The van der Waals surface area contributed by atoms with Crippen LogP contribution in [0.15, 0.2) is 60.7 Å². The predicted molar refractivity (Wildman–Crippen MR) is 96.6 cm³/mol. The fraction of sp³-hybridized carbons (Fsp3) is 0.300. The molecule has 1 aliphatic rings. The van der Waals surface area contributed by atoms with Crippen LogP contribution >= 0.6 is 0 Å². The Hall–Kier alpha value is -2.66. The summed E-state index contributed by atoms with van der Waals surface area (Å²) in [5.41, 5.74) is 7.58. The molecule has 1 heterocycles. The molecule has 3 rings (SSSR count). The molecule has 2 amide bonds. The molecule has 0 aliphatic carbocycles. The molecule has 130 valence electrons. The van der Waals surface area contributed by atoms with Crippen molar-refractivity contribution in [3.8, 4) is 0 Å². The second-order valence-electron chi connectivity index (χ2n) is 6.51. The molecule has 2 aromatic rings. The highest BCUT2D eigenvalue weighted by molar-refractivity contribution is 5.96. The van der Waals surface area contributed by atoms with Gasteiger partial charge >= 0.3 is 0 Å². The highest BCUT2D eigenvalue weighted by atomic mass is 16.2. The average molecular weight is 337 g/mol. The SMILES string of the molecule is NC(=O)CC(=O)N[C@@H]1CN(Cc2ccccc2)C[C@H]1c1ccccc1. The van der Waals surface area contributed by atoms with Gasteiger partial charge in [0.2, 0.25) is 11.8 Å². The van der Waals surface area contributed by atoms with E-state index in [1.165, 1.54) is 11.1 Å². The molecule has 5 nitrogen and oxygen atoms in total. The van der Waals surface area contributed by atoms with Crippen LogP contribution in [0.1, 0.15) is 23.5 Å². The van der Waals surface area contributed by atoms with Gasteiger partial charge in [-0.05, 0) is 11.1 Å². The number of primary amides is 1. The molecule has 25 heavy (non-hydrogen) atoms. The molecule has 2 atom stereocenters. The van der Waals surface area contributed by atoms with Crippen LogP contribution in [0, 0.1) is 0 Å². The number of amides is 2. The fourth-order valence-corrected chi connectivity index (χ4v) is 3.46. The maximum absolute atomic E-state index is 12.0. The van der Waals surface area contributed by atoms with Crippen molar-refractivity contribution in [1.29, 1.82) is 0 Å². The highest BCUT2D eigenvalue weighted by Crippen LogP contribution is 2.28. The largest absolute Gasteiger partial charge is 0.369 e. The lowest BCUT2D eigenvalue weighted by Gasteiger charge is -2.20. The Morgan fingerprint density at radius 3 is 2.28 bits per heavy atom. The first-order valence-corrected chi connectivity index (χ1v) is 8.50. The van der Waals surface area contributed by atoms with Gasteiger partial charge in [0.15, 0.2) is 0 Å². The summed E-state index contributed by atoms with van der Waals surface area (Å²) in [4.78, 5) is 25.3. The first-order chi connectivity index (χ1) is 12.1. The molecule has 0 bridgehead atoms. The van der Waals surface area contributed by atoms with Crippen LogP contribution in [0.5, 0.6) is 0 Å². The van der Waals surface area contributed by atoms with E-state index in [1.807, 2.05) is 36.4 Å². The molecule has 0 unspecified atom stereocenters. The van der Waals surface area contributed by atoms with E-state index in [-0.39, 0.29) is 24.3 Å². The smallest absolute Gasteiger partial charge is 0.229 e. The van der Waals surface area contributed by atoms with E-state index in [4.69, 9.17) is 5.73 Å². The number of nitrogens with two attached hydrogens (primary N) is 1. The summed E-state index contributed by atoms with van der Waals surface area (Å²) in [5.74, 6) is -0.713. The van der Waals surface area contributed by atoms with Crippen molar-refractivity contribution in [3.05, 3.63) is 71.8 Å². The van der Waals surface area contributed by atoms with Crippen LogP contribution < -0.4 is 11.1 Å². The molecule has 1 aliphatic heterocycles. The number of nitrogens with one attached hydrogen (secondary N) is 1. The third-order valence-electron chi connectivity index (χ3n) is 4.55. The minimum Gasteiger partial charge on any atom is -0.369 e. The lowest BCUT2D eigenvalue weighted by molar-refractivity contribution is -0.128. The van der Waals surface area contributed by atoms with E-state index in [0.29, 0.717) is 0 Å². The van der Waals surface area contributed by atoms with Crippen molar-refractivity contribution in [3.63, 3.8) is 0 Å². The van der Waals surface area contributed by atoms with Gasteiger partial charge in [-0.1, -0.05) is 60.7 Å². The normalized spacial score (nSPS) is 20.3. The molecular weight excluding hydrogens is 314 g/mol. The zero-order chi connectivity index (χ0) is 17.6. The highest BCUT2D eigenvalue weighted by Gasteiger charge is 2.34. The number of benzene rings is 2. The first kappa shape index (κ1) is 17.2. The van der Waals surface area contributed by atoms with Gasteiger partial charge in [-0.25, -0.2) is 0 Å². The van der Waals surface area contributed by atoms with Gasteiger partial charge in [0.25, 0.3) is 0 Å². The molecule has 5 heteroatoms. The van der Waals surface area contributed by atoms with Crippen molar-refractivity contribution >= 4 is 11.8 Å². The van der Waals surface area contributed by atoms with Crippen molar-refractivity contribution in [2.75, 3.05) is 13.1 Å². The summed E-state index contributed by atoms with van der Waals surface area (Å²) in [7, 11) is 0. The number of hydrogen-bond acceptors (Lipinski definition) is 3. The van der Waals surface area contributed by atoms with Crippen molar-refractivity contribution in [2.24, 2.45) is 5.73 Å². The number of likely N-dealkylation sites (tertiary alicyclic amines) is 1. The predicted octanol–water partition coefficient (Wildman–Crippen LogP) is 1.65. The van der Waals surface area contributed by atoms with E-state index >= 15 is 0 Å². The summed E-state index contributed by atoms with van der Waals surface area (Å²) in [6, 6.07) is 20.4. The lowest BCUT2D eigenvalue weighted by atomic mass is 9.94. The summed E-state index contributed by atoms with van der Waals surface area (Å²) in [6.07, 6.45) is -0.267. The fourth-order valence-electron chi connectivity index (χ4n) is 3.46. The van der Waals surface area contributed by atoms with Gasteiger partial charge < -0.3 is 11.1 Å². The third-order valence-corrected chi connectivity index (χ3v) is 4.55. The molecule has 0 saturated carbocycles. The van der Waals surface area contributed by atoms with Crippen LogP contribution in [0.4, 0.5) is 0 Å². The lowest BCUT2D eigenvalue weighted by Crippen LogP contribution is -2.41. The van der Waals surface area contributed by atoms with Gasteiger partial charge in [0.05, 0.1) is 0 Å². The quantitative estimate of drug-likeness (QED) is 0.787. The number of nitrogens with zero attached hydrogens (tertiary/aromatic N) is 1. The monoisotopic (exact) mass is 337 g/mol. The molecule has 1 fully saturated rings. The van der Waals surface area contributed by atoms with Gasteiger partial charge in [-0.2, -0.15) is 0 Å². The zero-order valence-corrected chi connectivity index (χ0v) is 14.1. The summed E-state index contributed by atoms with van der Waals surface area (Å²) >= 11 is 0. The van der Waals surface area contributed by atoms with E-state index in [1.54, 1.807) is 0 Å². The summed E-state index contributed by atoms with van der Waals surface area (Å²) in [6.45, 7) is 2.45. The Bertz CT molecular complexity index is 718. The maximum atomic E-state index is 12.0. The van der Waals surface area contributed by atoms with E-state index in [9.17, 15) is 9.59 Å². The topological polar surface area (TPSA) is 75.4 Å². The minimum absolute atomic E-state index is 0.0297. The standard InChI is InChI=1S/C20H23N3O2/c21-19(24)11-20(25)22-18-14-23(12-15-7-3-1-4-8-15)13-17(18)16-9-5-2-6-10-16/h1-10,17-18H,11-14H2,(H2,21,24)(H,22,25)/t17-,18+/m0/s1. The third kappa shape index (κ3) is 4.67. The first-order valence-electron chi connectivity index (χ1n) is 8.50. The number of carbonyl (C=O) groups is 2. The van der Waals surface area contributed by atoms with Gasteiger partial charge in [0, 0.05) is 31.6 Å². The molecular formula is C20H23N3O2. The van der Waals surface area contributed by atoms with Crippen LogP contribution in [0.3, 0.4) is 0 Å². The minimum atomic E-state index is -0.604. The number of hydrogen-bond donors (Lipinski definition) is 2. The van der Waals surface area contributed by atoms with Gasteiger partial charge in [0.1, 0.15) is 6.42 Å². The number of rotatable bonds is 6. The Kier molecular flexibility index (Phi) is 5.46. The molecule has 0 aromatic heterocycles. The van der Waals surface area contributed by atoms with Crippen molar-refractivity contribution in [1.82, 2.24) is 10.2 Å². The van der Waals surface area contributed by atoms with Crippen molar-refractivity contribution < 1.29 is 9.59 Å². The zero-order valence-electron chi connectivity index (χ0n) is 14.1. The maximum Gasteiger partial charge on any atom is 0.229 e. The molecule has 2 aromatic carbocycles. The van der Waals surface area contributed by atoms with Gasteiger partial charge in [-0.15, -0.1) is 0 Å². The average Bonchev–Trinajstić information content (AvgIpc) is 2.98. The molecule has 3 N–H and O–H groups in total. The number of carbonyl (C=O) groups excluding carboxylic acids is 2. The van der Waals surface area contributed by atoms with Crippen molar-refractivity contribution in [2.45, 2.75) is 24.9 Å². The second-order valence-corrected chi connectivity index (χ2v) is 6.51. The molecule has 0 radical (unpaired) electrons. The summed E-state index contributed by atoms with van der Waals surface area (Å²) in [5, 5.41) is 2.99. The van der Waals surface area contributed by atoms with Crippen LogP contribution in [0.25, 0.3) is 0 Å². The Labute approximate surface area is 147 Å². The Morgan fingerprint density at radius 2 is 1.64 bits per heavy atom. The van der Waals surface area contributed by atoms with Gasteiger partial charge in [-0.3, -0.25) is 14.5 Å². The van der Waals surface area contributed by atoms with Crippen LogP contribution in [0.2, 0.25) is 0 Å². The molecule has 0 spiro atoms. The Morgan fingerprint density at radius 1 is 1.00 bits per heavy atom. The van der Waals surface area contributed by atoms with E-state index < -0.39 is 5.91 Å².